The fraction of sp³-hybridized carbons (Fsp3) is 0.417. The van der Waals surface area contributed by atoms with Crippen molar-refractivity contribution in [3.8, 4) is 17.5 Å². The molecule has 2 N–H and O–H groups in total. The Kier molecular flexibility index (Phi) is 7.53. The number of tetrazole rings is 1. The fourth-order valence-electron chi connectivity index (χ4n) is 3.90. The van der Waals surface area contributed by atoms with E-state index in [2.05, 4.69) is 56.6 Å². The zero-order valence-electron chi connectivity index (χ0n) is 20.3. The van der Waals surface area contributed by atoms with E-state index in [0.717, 1.165) is 42.9 Å². The summed E-state index contributed by atoms with van der Waals surface area (Å²) in [6, 6.07) is 8.73. The Morgan fingerprint density at radius 2 is 2.17 bits per heavy atom. The molecule has 2 heterocycles. The van der Waals surface area contributed by atoms with Crippen LogP contribution < -0.4 is 5.32 Å². The van der Waals surface area contributed by atoms with Crippen molar-refractivity contribution in [1.82, 2.24) is 30.2 Å². The largest absolute Gasteiger partial charge is 0.361 e. The molecule has 0 spiro atoms. The number of carbonyl (C=O) groups excluding carboxylic acids is 1. The predicted octanol–water partition coefficient (Wildman–Crippen LogP) is 4.46. The molecule has 1 amide bonds. The lowest BCUT2D eigenvalue weighted by Crippen LogP contribution is -2.23. The quantitative estimate of drug-likeness (QED) is 0.334. The Bertz CT molecular complexity index is 1250. The van der Waals surface area contributed by atoms with E-state index in [4.69, 9.17) is 4.74 Å². The molecule has 0 saturated heterocycles. The van der Waals surface area contributed by atoms with E-state index in [1.54, 1.807) is 10.8 Å². The van der Waals surface area contributed by atoms with E-state index >= 15 is 0 Å². The maximum Gasteiger partial charge on any atom is 0.291 e. The number of benzene rings is 1. The smallest absolute Gasteiger partial charge is 0.291 e. The summed E-state index contributed by atoms with van der Waals surface area (Å²) in [5, 5.41) is 26.5. The van der Waals surface area contributed by atoms with Crippen molar-refractivity contribution in [2.45, 2.75) is 58.1 Å². The van der Waals surface area contributed by atoms with Crippen molar-refractivity contribution in [3.05, 3.63) is 47.6 Å². The standard InChI is InChI=1S/C24H30N8O2Si/c1-35(2,3)12-11-34-16-32-15-19(14-25)26-23(32)24(33)27-21-10-9-18(22-28-30-31-29-22)13-20(21)17-7-5-4-6-8-17/h7,9-10,13,15H,4-6,8,11-12,16H2,1-3H3,(H,27,33)(H,28,29,30,31). The van der Waals surface area contributed by atoms with E-state index in [1.807, 2.05) is 24.3 Å². The molecule has 0 bridgehead atoms. The molecular formula is C24H30N8O2Si. The third-order valence-electron chi connectivity index (χ3n) is 5.84. The highest BCUT2D eigenvalue weighted by atomic mass is 28.3. The normalized spacial score (nSPS) is 13.8. The van der Waals surface area contributed by atoms with Crippen LogP contribution in [0.3, 0.4) is 0 Å². The molecule has 11 heteroatoms. The number of hydrogen-bond donors (Lipinski definition) is 2. The zero-order valence-corrected chi connectivity index (χ0v) is 21.3. The van der Waals surface area contributed by atoms with Gasteiger partial charge in [0.05, 0.1) is 0 Å². The van der Waals surface area contributed by atoms with Gasteiger partial charge in [-0.1, -0.05) is 25.7 Å². The summed E-state index contributed by atoms with van der Waals surface area (Å²) in [5.41, 5.74) is 3.78. The summed E-state index contributed by atoms with van der Waals surface area (Å²) in [7, 11) is -1.23. The highest BCUT2D eigenvalue weighted by Crippen LogP contribution is 2.34. The second kappa shape index (κ2) is 10.8. The first-order valence-corrected chi connectivity index (χ1v) is 15.5. The lowest BCUT2D eigenvalue weighted by Gasteiger charge is -2.18. The minimum atomic E-state index is -1.23. The molecule has 182 valence electrons. The maximum absolute atomic E-state index is 13.3. The molecule has 1 aromatic carbocycles. The number of imidazole rings is 1. The van der Waals surface area contributed by atoms with Gasteiger partial charge in [0.1, 0.15) is 12.8 Å². The van der Waals surface area contributed by atoms with Gasteiger partial charge in [0.15, 0.2) is 11.5 Å². The average Bonchev–Trinajstić information content (AvgIpc) is 3.52. The van der Waals surface area contributed by atoms with E-state index in [9.17, 15) is 10.1 Å². The molecule has 35 heavy (non-hydrogen) atoms. The van der Waals surface area contributed by atoms with Crippen molar-refractivity contribution < 1.29 is 9.53 Å². The van der Waals surface area contributed by atoms with Crippen LogP contribution >= 0.6 is 0 Å². The van der Waals surface area contributed by atoms with Crippen molar-refractivity contribution in [3.63, 3.8) is 0 Å². The average molecular weight is 491 g/mol. The molecule has 0 atom stereocenters. The molecule has 4 rings (SSSR count). The van der Waals surface area contributed by atoms with Gasteiger partial charge in [-0.25, -0.2) is 10.1 Å². The number of nitrogens with zero attached hydrogens (tertiary/aromatic N) is 6. The number of H-pyrrole nitrogens is 1. The van der Waals surface area contributed by atoms with Crippen LogP contribution in [0.25, 0.3) is 17.0 Å². The molecule has 0 saturated carbocycles. The lowest BCUT2D eigenvalue weighted by atomic mass is 9.91. The Morgan fingerprint density at radius 3 is 2.86 bits per heavy atom. The van der Waals surface area contributed by atoms with E-state index < -0.39 is 14.0 Å². The van der Waals surface area contributed by atoms with Crippen molar-refractivity contribution in [2.24, 2.45) is 0 Å². The Morgan fingerprint density at radius 1 is 1.31 bits per heavy atom. The Balaban J connectivity index is 1.58. The minimum Gasteiger partial charge on any atom is -0.361 e. The van der Waals surface area contributed by atoms with Crippen LogP contribution in [0.4, 0.5) is 5.69 Å². The monoisotopic (exact) mass is 490 g/mol. The number of aromatic amines is 1. The highest BCUT2D eigenvalue weighted by Gasteiger charge is 2.20. The van der Waals surface area contributed by atoms with Gasteiger partial charge in [0.2, 0.25) is 5.82 Å². The minimum absolute atomic E-state index is 0.140. The predicted molar refractivity (Wildman–Crippen MR) is 135 cm³/mol. The molecule has 0 fully saturated rings. The summed E-state index contributed by atoms with van der Waals surface area (Å²) in [6.07, 6.45) is 7.95. The van der Waals surface area contributed by atoms with Gasteiger partial charge in [-0.3, -0.25) is 4.79 Å². The number of hydrogen-bond acceptors (Lipinski definition) is 7. The first-order valence-electron chi connectivity index (χ1n) is 11.8. The molecule has 2 aromatic heterocycles. The van der Waals surface area contributed by atoms with Gasteiger partial charge in [-0.15, -0.1) is 5.10 Å². The van der Waals surface area contributed by atoms with Crippen molar-refractivity contribution in [2.75, 3.05) is 11.9 Å². The topological polar surface area (TPSA) is 134 Å². The molecule has 10 nitrogen and oxygen atoms in total. The number of nitriles is 1. The van der Waals surface area contributed by atoms with Crippen LogP contribution in [0.2, 0.25) is 25.7 Å². The third kappa shape index (κ3) is 6.29. The van der Waals surface area contributed by atoms with E-state index in [0.29, 0.717) is 18.1 Å². The van der Waals surface area contributed by atoms with Gasteiger partial charge in [0.25, 0.3) is 5.91 Å². The van der Waals surface area contributed by atoms with Crippen LogP contribution in [-0.2, 0) is 11.5 Å². The SMILES string of the molecule is C[Si](C)(C)CCOCn1cc(C#N)nc1C(=O)Nc1ccc(-c2nnn[nH]2)cc1C1=CCCCC1. The summed E-state index contributed by atoms with van der Waals surface area (Å²) in [5.74, 6) is 0.305. The second-order valence-corrected chi connectivity index (χ2v) is 15.4. The number of carbonyl (C=O) groups is 1. The number of rotatable bonds is 9. The van der Waals surface area contributed by atoms with Gasteiger partial charge < -0.3 is 14.6 Å². The summed E-state index contributed by atoms with van der Waals surface area (Å²) < 4.78 is 7.40. The van der Waals surface area contributed by atoms with E-state index in [1.165, 1.54) is 5.57 Å². The van der Waals surface area contributed by atoms with Crippen LogP contribution in [0.5, 0.6) is 0 Å². The Hall–Kier alpha value is -3.62. The molecule has 0 aliphatic heterocycles. The number of aromatic nitrogens is 6. The number of allylic oxidation sites excluding steroid dienone is 2. The molecular weight excluding hydrogens is 460 g/mol. The van der Waals surface area contributed by atoms with Crippen LogP contribution in [0, 0.1) is 11.3 Å². The fourth-order valence-corrected chi connectivity index (χ4v) is 4.66. The van der Waals surface area contributed by atoms with Crippen LogP contribution in [0.1, 0.15) is 47.6 Å². The van der Waals surface area contributed by atoms with Gasteiger partial charge in [-0.2, -0.15) is 5.26 Å². The van der Waals surface area contributed by atoms with Gasteiger partial charge >= 0.3 is 0 Å². The van der Waals surface area contributed by atoms with Crippen LogP contribution in [0.15, 0.2) is 30.5 Å². The maximum atomic E-state index is 13.3. The van der Waals surface area contributed by atoms with E-state index in [-0.39, 0.29) is 18.2 Å². The number of nitrogens with one attached hydrogen (secondary N) is 2. The molecule has 3 aromatic rings. The van der Waals surface area contributed by atoms with Crippen LogP contribution in [-0.4, -0.2) is 50.8 Å². The molecule has 0 unspecified atom stereocenters. The first kappa shape index (κ1) is 24.5. The molecule has 1 aliphatic carbocycles. The molecule has 1 aliphatic rings. The Labute approximate surface area is 205 Å². The summed E-state index contributed by atoms with van der Waals surface area (Å²) in [4.78, 5) is 17.5. The first-order chi connectivity index (χ1) is 16.8. The van der Waals surface area contributed by atoms with Gasteiger partial charge in [-0.05, 0) is 65.9 Å². The number of amides is 1. The van der Waals surface area contributed by atoms with Crippen molar-refractivity contribution in [1.29, 1.82) is 5.26 Å². The second-order valence-electron chi connectivity index (χ2n) is 9.82. The van der Waals surface area contributed by atoms with Gasteiger partial charge in [0, 0.05) is 37.7 Å². The lowest BCUT2D eigenvalue weighted by molar-refractivity contribution is 0.0808. The third-order valence-corrected chi connectivity index (χ3v) is 7.55. The highest BCUT2D eigenvalue weighted by molar-refractivity contribution is 6.76. The zero-order chi connectivity index (χ0) is 24.8. The number of anilines is 1. The summed E-state index contributed by atoms with van der Waals surface area (Å²) in [6.45, 7) is 7.61. The summed E-state index contributed by atoms with van der Waals surface area (Å²) >= 11 is 0. The van der Waals surface area contributed by atoms with Crippen molar-refractivity contribution >= 4 is 25.2 Å². The number of ether oxygens (including phenoxy) is 1. The molecule has 0 radical (unpaired) electrons.